The molecular weight excluding hydrogens is 260 g/mol. The molecule has 114 valence electrons. The molecule has 1 saturated heterocycles. The third-order valence-electron chi connectivity index (χ3n) is 4.70. The number of carbonyl (C=O) groups excluding carboxylic acids is 1. The summed E-state index contributed by atoms with van der Waals surface area (Å²) in [6.45, 7) is 1.11. The average molecular weight is 286 g/mol. The molecule has 0 aromatic heterocycles. The van der Waals surface area contributed by atoms with Crippen molar-refractivity contribution in [2.24, 2.45) is 5.92 Å². The zero-order valence-corrected chi connectivity index (χ0v) is 12.7. The molecule has 1 saturated carbocycles. The van der Waals surface area contributed by atoms with Crippen LogP contribution in [0.25, 0.3) is 0 Å². The van der Waals surface area contributed by atoms with Gasteiger partial charge in [-0.15, -0.1) is 0 Å². The van der Waals surface area contributed by atoms with Crippen molar-refractivity contribution in [1.29, 1.82) is 0 Å². The molecule has 2 atom stereocenters. The number of rotatable bonds is 6. The van der Waals surface area contributed by atoms with Crippen LogP contribution in [0.4, 0.5) is 0 Å². The van der Waals surface area contributed by atoms with Crippen LogP contribution in [0.5, 0.6) is 0 Å². The third kappa shape index (κ3) is 4.31. The fraction of sp³-hybridized carbons (Fsp3) is 0.611. The summed E-state index contributed by atoms with van der Waals surface area (Å²) in [7, 11) is 0. The van der Waals surface area contributed by atoms with Crippen LogP contribution >= 0.6 is 0 Å². The van der Waals surface area contributed by atoms with Crippen LogP contribution in [0.2, 0.25) is 0 Å². The number of benzene rings is 1. The Morgan fingerprint density at radius 2 is 2.00 bits per heavy atom. The van der Waals surface area contributed by atoms with E-state index in [4.69, 9.17) is 0 Å². The average Bonchev–Trinajstić information content (AvgIpc) is 3.37. The largest absolute Gasteiger partial charge is 0.349 e. The van der Waals surface area contributed by atoms with Crippen LogP contribution < -0.4 is 10.6 Å². The van der Waals surface area contributed by atoms with Gasteiger partial charge in [-0.3, -0.25) is 4.79 Å². The Morgan fingerprint density at radius 3 is 2.67 bits per heavy atom. The third-order valence-corrected chi connectivity index (χ3v) is 4.70. The summed E-state index contributed by atoms with van der Waals surface area (Å²) in [4.78, 5) is 12.3. The summed E-state index contributed by atoms with van der Waals surface area (Å²) in [6.07, 6.45) is 7.90. The van der Waals surface area contributed by atoms with Crippen LogP contribution in [-0.2, 0) is 4.79 Å². The van der Waals surface area contributed by atoms with Crippen LogP contribution in [0.15, 0.2) is 30.3 Å². The molecule has 1 aromatic carbocycles. The molecule has 21 heavy (non-hydrogen) atoms. The first-order chi connectivity index (χ1) is 10.3. The van der Waals surface area contributed by atoms with Crippen molar-refractivity contribution in [3.63, 3.8) is 0 Å². The molecule has 1 heterocycles. The lowest BCUT2D eigenvalue weighted by atomic mass is 9.99. The highest BCUT2D eigenvalue weighted by atomic mass is 16.1. The normalized spacial score (nSPS) is 23.5. The van der Waals surface area contributed by atoms with Crippen molar-refractivity contribution >= 4 is 5.91 Å². The molecule has 1 amide bonds. The minimum atomic E-state index is 0.211. The lowest BCUT2D eigenvalue weighted by Gasteiger charge is -2.24. The zero-order chi connectivity index (χ0) is 14.5. The first-order valence-electron chi connectivity index (χ1n) is 8.40. The van der Waals surface area contributed by atoms with E-state index in [0.29, 0.717) is 18.4 Å². The van der Waals surface area contributed by atoms with Crippen LogP contribution in [0.1, 0.15) is 56.6 Å². The summed E-state index contributed by atoms with van der Waals surface area (Å²) in [5, 5.41) is 6.78. The quantitative estimate of drug-likeness (QED) is 0.843. The van der Waals surface area contributed by atoms with Gasteiger partial charge in [-0.05, 0) is 50.1 Å². The Kier molecular flexibility index (Phi) is 4.91. The van der Waals surface area contributed by atoms with Gasteiger partial charge in [0.1, 0.15) is 0 Å². The summed E-state index contributed by atoms with van der Waals surface area (Å²) in [6, 6.07) is 11.2. The van der Waals surface area contributed by atoms with E-state index < -0.39 is 0 Å². The summed E-state index contributed by atoms with van der Waals surface area (Å²) >= 11 is 0. The van der Waals surface area contributed by atoms with Crippen molar-refractivity contribution in [2.75, 3.05) is 6.54 Å². The van der Waals surface area contributed by atoms with Gasteiger partial charge in [-0.25, -0.2) is 0 Å². The van der Waals surface area contributed by atoms with E-state index in [0.717, 1.165) is 13.0 Å². The molecule has 2 aliphatic rings. The van der Waals surface area contributed by atoms with Gasteiger partial charge >= 0.3 is 0 Å². The first kappa shape index (κ1) is 14.6. The van der Waals surface area contributed by atoms with Crippen molar-refractivity contribution in [3.05, 3.63) is 35.9 Å². The standard InChI is InChI=1S/C18H26N2O/c21-17(12-11-16-8-4-5-13-19-16)20-18(15-9-10-15)14-6-2-1-3-7-14/h1-3,6-7,15-16,18-19H,4-5,8-13H2,(H,20,21). The lowest BCUT2D eigenvalue weighted by molar-refractivity contribution is -0.122. The van der Waals surface area contributed by atoms with Crippen molar-refractivity contribution in [1.82, 2.24) is 10.6 Å². The Hall–Kier alpha value is -1.35. The predicted molar refractivity (Wildman–Crippen MR) is 84.9 cm³/mol. The van der Waals surface area contributed by atoms with Gasteiger partial charge in [0.05, 0.1) is 6.04 Å². The van der Waals surface area contributed by atoms with Gasteiger partial charge in [0, 0.05) is 12.5 Å². The summed E-state index contributed by atoms with van der Waals surface area (Å²) in [5.41, 5.74) is 1.25. The number of hydrogen-bond acceptors (Lipinski definition) is 2. The van der Waals surface area contributed by atoms with E-state index >= 15 is 0 Å². The number of piperidine rings is 1. The Labute approximate surface area is 127 Å². The summed E-state index contributed by atoms with van der Waals surface area (Å²) in [5.74, 6) is 0.854. The highest BCUT2D eigenvalue weighted by Gasteiger charge is 2.33. The number of carbonyl (C=O) groups is 1. The highest BCUT2D eigenvalue weighted by Crippen LogP contribution is 2.40. The van der Waals surface area contributed by atoms with Gasteiger partial charge in [0.25, 0.3) is 0 Å². The van der Waals surface area contributed by atoms with E-state index in [1.165, 1.54) is 37.7 Å². The van der Waals surface area contributed by atoms with E-state index in [2.05, 4.69) is 34.9 Å². The van der Waals surface area contributed by atoms with E-state index in [-0.39, 0.29) is 11.9 Å². The van der Waals surface area contributed by atoms with Crippen molar-refractivity contribution in [2.45, 2.75) is 57.0 Å². The van der Waals surface area contributed by atoms with E-state index in [9.17, 15) is 4.79 Å². The predicted octanol–water partition coefficient (Wildman–Crippen LogP) is 3.18. The zero-order valence-electron chi connectivity index (χ0n) is 12.7. The minimum Gasteiger partial charge on any atom is -0.349 e. The van der Waals surface area contributed by atoms with E-state index in [1.807, 2.05) is 6.07 Å². The second-order valence-corrected chi connectivity index (χ2v) is 6.48. The molecule has 1 aliphatic heterocycles. The van der Waals surface area contributed by atoms with Gasteiger partial charge < -0.3 is 10.6 Å². The maximum Gasteiger partial charge on any atom is 0.220 e. The van der Waals surface area contributed by atoms with Crippen LogP contribution in [-0.4, -0.2) is 18.5 Å². The fourth-order valence-electron chi connectivity index (χ4n) is 3.28. The number of nitrogens with one attached hydrogen (secondary N) is 2. The molecule has 0 bridgehead atoms. The van der Waals surface area contributed by atoms with Crippen LogP contribution in [0.3, 0.4) is 0 Å². The number of hydrogen-bond donors (Lipinski definition) is 2. The Bertz CT molecular complexity index is 450. The Balaban J connectivity index is 1.50. The SMILES string of the molecule is O=C(CCC1CCCCN1)NC(c1ccccc1)C1CC1. The second kappa shape index (κ2) is 7.08. The molecule has 3 nitrogen and oxygen atoms in total. The van der Waals surface area contributed by atoms with Gasteiger partial charge in [-0.1, -0.05) is 36.8 Å². The van der Waals surface area contributed by atoms with Crippen LogP contribution in [0, 0.1) is 5.92 Å². The molecule has 2 fully saturated rings. The van der Waals surface area contributed by atoms with Gasteiger partial charge in [-0.2, -0.15) is 0 Å². The fourth-order valence-corrected chi connectivity index (χ4v) is 3.28. The molecule has 3 heteroatoms. The van der Waals surface area contributed by atoms with Gasteiger partial charge in [0.15, 0.2) is 0 Å². The molecule has 0 spiro atoms. The molecular formula is C18H26N2O. The van der Waals surface area contributed by atoms with Gasteiger partial charge in [0.2, 0.25) is 5.91 Å². The minimum absolute atomic E-state index is 0.211. The number of amides is 1. The second-order valence-electron chi connectivity index (χ2n) is 6.48. The topological polar surface area (TPSA) is 41.1 Å². The molecule has 1 aliphatic carbocycles. The smallest absolute Gasteiger partial charge is 0.220 e. The maximum absolute atomic E-state index is 12.3. The van der Waals surface area contributed by atoms with E-state index in [1.54, 1.807) is 0 Å². The molecule has 0 radical (unpaired) electrons. The maximum atomic E-state index is 12.3. The molecule has 1 aromatic rings. The Morgan fingerprint density at radius 1 is 1.19 bits per heavy atom. The van der Waals surface area contributed by atoms with Crippen molar-refractivity contribution in [3.8, 4) is 0 Å². The summed E-state index contributed by atoms with van der Waals surface area (Å²) < 4.78 is 0. The lowest BCUT2D eigenvalue weighted by Crippen LogP contribution is -2.36. The molecule has 3 rings (SSSR count). The molecule has 2 N–H and O–H groups in total. The highest BCUT2D eigenvalue weighted by molar-refractivity contribution is 5.76. The first-order valence-corrected chi connectivity index (χ1v) is 8.40. The van der Waals surface area contributed by atoms with Crippen molar-refractivity contribution < 1.29 is 4.79 Å². The monoisotopic (exact) mass is 286 g/mol. The molecule has 2 unspecified atom stereocenters.